The highest BCUT2D eigenvalue weighted by Crippen LogP contribution is 2.26. The molecule has 3 rings (SSSR count). The van der Waals surface area contributed by atoms with Gasteiger partial charge in [-0.1, -0.05) is 19.0 Å². The zero-order valence-electron chi connectivity index (χ0n) is 14.8. The van der Waals surface area contributed by atoms with Crippen molar-refractivity contribution in [3.05, 3.63) is 29.7 Å². The molecule has 3 heterocycles. The van der Waals surface area contributed by atoms with Crippen LogP contribution in [0.5, 0.6) is 0 Å². The average molecular weight is 347 g/mol. The van der Waals surface area contributed by atoms with Crippen molar-refractivity contribution in [2.75, 3.05) is 13.1 Å². The predicted molar refractivity (Wildman–Crippen MR) is 90.0 cm³/mol. The van der Waals surface area contributed by atoms with Gasteiger partial charge in [0.2, 0.25) is 5.89 Å². The molecule has 136 valence electrons. The van der Waals surface area contributed by atoms with E-state index in [1.165, 1.54) is 4.68 Å². The third-order valence-corrected chi connectivity index (χ3v) is 4.34. The van der Waals surface area contributed by atoms with E-state index >= 15 is 0 Å². The van der Waals surface area contributed by atoms with Gasteiger partial charge in [-0.2, -0.15) is 10.1 Å². The number of hydrogen-bond acceptors (Lipinski definition) is 6. The van der Waals surface area contributed by atoms with Crippen LogP contribution >= 0.6 is 0 Å². The van der Waals surface area contributed by atoms with E-state index in [1.54, 1.807) is 6.20 Å². The van der Waals surface area contributed by atoms with Crippen LogP contribution in [-0.2, 0) is 24.3 Å². The third kappa shape index (κ3) is 4.88. The van der Waals surface area contributed by atoms with Crippen molar-refractivity contribution in [3.63, 3.8) is 0 Å². The molecule has 1 atom stereocenters. The largest absolute Gasteiger partial charge is 0.480 e. The van der Waals surface area contributed by atoms with Gasteiger partial charge >= 0.3 is 5.97 Å². The molecule has 1 aliphatic heterocycles. The molecule has 0 spiro atoms. The van der Waals surface area contributed by atoms with Crippen LogP contribution in [0.15, 0.2) is 16.8 Å². The van der Waals surface area contributed by atoms with Crippen molar-refractivity contribution in [1.29, 1.82) is 0 Å². The number of carboxylic acid groups (broad SMARTS) is 1. The fourth-order valence-electron chi connectivity index (χ4n) is 3.25. The molecule has 8 nitrogen and oxygen atoms in total. The maximum Gasteiger partial charge on any atom is 0.325 e. The molecule has 2 aromatic rings. The van der Waals surface area contributed by atoms with Gasteiger partial charge in [-0.05, 0) is 31.4 Å². The number of aromatic nitrogens is 4. The van der Waals surface area contributed by atoms with Crippen LogP contribution < -0.4 is 0 Å². The van der Waals surface area contributed by atoms with E-state index in [0.717, 1.165) is 43.9 Å². The van der Waals surface area contributed by atoms with E-state index in [9.17, 15) is 4.79 Å². The van der Waals surface area contributed by atoms with Gasteiger partial charge in [0, 0.05) is 25.1 Å². The van der Waals surface area contributed by atoms with Gasteiger partial charge in [-0.15, -0.1) is 0 Å². The Morgan fingerprint density at radius 1 is 1.48 bits per heavy atom. The van der Waals surface area contributed by atoms with Crippen molar-refractivity contribution >= 4 is 5.97 Å². The van der Waals surface area contributed by atoms with Crippen LogP contribution in [0.3, 0.4) is 0 Å². The van der Waals surface area contributed by atoms with Crippen LogP contribution in [0.4, 0.5) is 0 Å². The summed E-state index contributed by atoms with van der Waals surface area (Å²) in [5.74, 6) is 1.35. The fraction of sp³-hybridized carbons (Fsp3) is 0.647. The molecular weight excluding hydrogens is 322 g/mol. The monoisotopic (exact) mass is 347 g/mol. The molecular formula is C17H25N5O3. The first-order valence-electron chi connectivity index (χ1n) is 8.78. The molecule has 1 aliphatic rings. The summed E-state index contributed by atoms with van der Waals surface area (Å²) in [6, 6.07) is 1.92. The minimum absolute atomic E-state index is 0.0993. The Balaban J connectivity index is 1.58. The first kappa shape index (κ1) is 17.6. The Morgan fingerprint density at radius 3 is 3.08 bits per heavy atom. The molecule has 0 bridgehead atoms. The smallest absolute Gasteiger partial charge is 0.325 e. The van der Waals surface area contributed by atoms with Gasteiger partial charge in [0.15, 0.2) is 5.82 Å². The highest BCUT2D eigenvalue weighted by atomic mass is 16.5. The lowest BCUT2D eigenvalue weighted by molar-refractivity contribution is -0.137. The van der Waals surface area contributed by atoms with Gasteiger partial charge in [-0.25, -0.2) is 0 Å². The van der Waals surface area contributed by atoms with Gasteiger partial charge < -0.3 is 9.63 Å². The summed E-state index contributed by atoms with van der Waals surface area (Å²) in [6.45, 7) is 6.70. The van der Waals surface area contributed by atoms with E-state index in [4.69, 9.17) is 9.63 Å². The molecule has 0 saturated carbocycles. The standard InChI is InChI=1S/C17H25N5O3/c1-12(2)8-16-18-15(20-25-16)10-21-6-3-4-13(9-21)14-5-7-22(19-14)11-17(23)24/h5,7,12-13H,3-4,6,8-11H2,1-2H3,(H,23,24)/t13-/m1/s1. The number of carbonyl (C=O) groups is 1. The molecule has 8 heteroatoms. The zero-order valence-corrected chi connectivity index (χ0v) is 14.8. The quantitative estimate of drug-likeness (QED) is 0.817. The number of nitrogens with zero attached hydrogens (tertiary/aromatic N) is 5. The van der Waals surface area contributed by atoms with Crippen molar-refractivity contribution in [2.45, 2.75) is 52.1 Å². The Labute approximate surface area is 146 Å². The highest BCUT2D eigenvalue weighted by molar-refractivity contribution is 5.66. The molecule has 1 saturated heterocycles. The van der Waals surface area contributed by atoms with Crippen molar-refractivity contribution in [2.24, 2.45) is 5.92 Å². The Bertz CT molecular complexity index is 709. The average Bonchev–Trinajstić information content (AvgIpc) is 3.16. The summed E-state index contributed by atoms with van der Waals surface area (Å²) in [6.07, 6.45) is 4.68. The topological polar surface area (TPSA) is 97.3 Å². The fourth-order valence-corrected chi connectivity index (χ4v) is 3.25. The number of carboxylic acids is 1. The first-order chi connectivity index (χ1) is 12.0. The number of hydrogen-bond donors (Lipinski definition) is 1. The van der Waals surface area contributed by atoms with Gasteiger partial charge in [-0.3, -0.25) is 14.4 Å². The van der Waals surface area contributed by atoms with Crippen LogP contribution in [-0.4, -0.2) is 49.0 Å². The van der Waals surface area contributed by atoms with E-state index in [-0.39, 0.29) is 6.54 Å². The zero-order chi connectivity index (χ0) is 17.8. The van der Waals surface area contributed by atoms with Gasteiger partial charge in [0.1, 0.15) is 6.54 Å². The summed E-state index contributed by atoms with van der Waals surface area (Å²) < 4.78 is 6.79. The SMILES string of the molecule is CC(C)Cc1nc(CN2CCC[C@@H](c3ccn(CC(=O)O)n3)C2)no1. The van der Waals surface area contributed by atoms with Crippen molar-refractivity contribution < 1.29 is 14.4 Å². The summed E-state index contributed by atoms with van der Waals surface area (Å²) >= 11 is 0. The second kappa shape index (κ2) is 7.77. The maximum absolute atomic E-state index is 10.8. The highest BCUT2D eigenvalue weighted by Gasteiger charge is 2.24. The summed E-state index contributed by atoms with van der Waals surface area (Å²) in [4.78, 5) is 17.6. The molecule has 0 amide bonds. The molecule has 2 aromatic heterocycles. The Hall–Kier alpha value is -2.22. The maximum atomic E-state index is 10.8. The summed E-state index contributed by atoms with van der Waals surface area (Å²) in [5, 5.41) is 17.4. The van der Waals surface area contributed by atoms with Crippen molar-refractivity contribution in [1.82, 2.24) is 24.8 Å². The second-order valence-electron chi connectivity index (χ2n) is 7.11. The molecule has 0 aromatic carbocycles. The lowest BCUT2D eigenvalue weighted by Crippen LogP contribution is -2.34. The number of piperidine rings is 1. The third-order valence-electron chi connectivity index (χ3n) is 4.34. The molecule has 0 aliphatic carbocycles. The molecule has 25 heavy (non-hydrogen) atoms. The Morgan fingerprint density at radius 2 is 2.32 bits per heavy atom. The van der Waals surface area contributed by atoms with E-state index < -0.39 is 5.97 Å². The lowest BCUT2D eigenvalue weighted by atomic mass is 9.95. The predicted octanol–water partition coefficient (Wildman–Crippen LogP) is 1.93. The Kier molecular flexibility index (Phi) is 5.47. The summed E-state index contributed by atoms with van der Waals surface area (Å²) in [7, 11) is 0. The molecule has 1 N–H and O–H groups in total. The molecule has 0 radical (unpaired) electrons. The minimum atomic E-state index is -0.880. The number of aliphatic carboxylic acids is 1. The second-order valence-corrected chi connectivity index (χ2v) is 7.11. The molecule has 0 unspecified atom stereocenters. The molecule has 1 fully saturated rings. The van der Waals surface area contributed by atoms with Crippen LogP contribution in [0.1, 0.15) is 50.0 Å². The summed E-state index contributed by atoms with van der Waals surface area (Å²) in [5.41, 5.74) is 0.958. The first-order valence-corrected chi connectivity index (χ1v) is 8.78. The van der Waals surface area contributed by atoms with Crippen molar-refractivity contribution in [3.8, 4) is 0 Å². The van der Waals surface area contributed by atoms with E-state index in [1.807, 2.05) is 6.07 Å². The minimum Gasteiger partial charge on any atom is -0.480 e. The lowest BCUT2D eigenvalue weighted by Gasteiger charge is -2.30. The van der Waals surface area contributed by atoms with E-state index in [0.29, 0.717) is 24.3 Å². The van der Waals surface area contributed by atoms with Gasteiger partial charge in [0.05, 0.1) is 12.2 Å². The van der Waals surface area contributed by atoms with Crippen LogP contribution in [0.2, 0.25) is 0 Å². The number of likely N-dealkylation sites (tertiary alicyclic amines) is 1. The van der Waals surface area contributed by atoms with Crippen LogP contribution in [0, 0.1) is 5.92 Å². The van der Waals surface area contributed by atoms with Gasteiger partial charge in [0.25, 0.3) is 0 Å². The van der Waals surface area contributed by atoms with E-state index in [2.05, 4.69) is 34.0 Å². The normalized spacial score (nSPS) is 18.8. The number of rotatable bonds is 7. The van der Waals surface area contributed by atoms with Crippen LogP contribution in [0.25, 0.3) is 0 Å².